The van der Waals surface area contributed by atoms with Gasteiger partial charge in [0.15, 0.2) is 0 Å². The smallest absolute Gasteiger partial charge is 0.0534 e. The molecule has 10 aromatic carbocycles. The summed E-state index contributed by atoms with van der Waals surface area (Å²) >= 11 is 3.88. The molecular formula is C52H30S2. The summed E-state index contributed by atoms with van der Waals surface area (Å²) in [5, 5.41) is 15.7. The van der Waals surface area contributed by atoms with Crippen molar-refractivity contribution in [2.45, 2.75) is 0 Å². The van der Waals surface area contributed by atoms with Gasteiger partial charge >= 0.3 is 0 Å². The minimum atomic E-state index is 1.24. The number of rotatable bonds is 3. The number of thiophene rings is 2. The van der Waals surface area contributed by atoms with Crippen LogP contribution in [0.4, 0.5) is 0 Å². The Labute approximate surface area is 319 Å². The first-order valence-corrected chi connectivity index (χ1v) is 20.1. The Morgan fingerprint density at radius 2 is 0.815 bits per heavy atom. The summed E-state index contributed by atoms with van der Waals surface area (Å²) < 4.78 is 5.47. The van der Waals surface area contributed by atoms with E-state index in [-0.39, 0.29) is 0 Å². The summed E-state index contributed by atoms with van der Waals surface area (Å²) in [5.41, 5.74) is 7.62. The van der Waals surface area contributed by atoms with Gasteiger partial charge in [-0.15, -0.1) is 22.7 Å². The van der Waals surface area contributed by atoms with Gasteiger partial charge in [0.05, 0.1) is 9.40 Å². The molecule has 0 atom stereocenters. The summed E-state index contributed by atoms with van der Waals surface area (Å²) in [7, 11) is 0. The Bertz CT molecular complexity index is 3430. The fraction of sp³-hybridized carbons (Fsp3) is 0. The van der Waals surface area contributed by atoms with Crippen molar-refractivity contribution < 1.29 is 0 Å². The van der Waals surface area contributed by atoms with Gasteiger partial charge in [-0.05, 0) is 88.6 Å². The van der Waals surface area contributed by atoms with Gasteiger partial charge in [0.1, 0.15) is 0 Å². The number of fused-ring (bicyclic) bond motifs is 12. The van der Waals surface area contributed by atoms with Gasteiger partial charge in [-0.1, -0.05) is 170 Å². The van der Waals surface area contributed by atoms with E-state index in [0.717, 1.165) is 0 Å². The van der Waals surface area contributed by atoms with Crippen LogP contribution in [0, 0.1) is 0 Å². The molecule has 12 rings (SSSR count). The standard InChI is InChI=1S/C52H30S2/c1-2-12-31(13-3-1)34-25-26-43(37-17-7-6-16-36(34)37)49-41-20-10-8-18-39(41)48(40-19-9-11-21-42(40)49)33-22-24-38-44-27-28-45-50-35-15-5-4-14-32(35)23-29-46(50)53-52(45)51(44)54-47(38)30-33/h1-30H. The van der Waals surface area contributed by atoms with Crippen LogP contribution in [0.3, 0.4) is 0 Å². The topological polar surface area (TPSA) is 0 Å². The lowest BCUT2D eigenvalue weighted by Gasteiger charge is -2.19. The van der Waals surface area contributed by atoms with Crippen molar-refractivity contribution in [3.63, 3.8) is 0 Å². The van der Waals surface area contributed by atoms with Crippen molar-refractivity contribution in [1.82, 2.24) is 0 Å². The molecule has 0 spiro atoms. The third-order valence-electron chi connectivity index (χ3n) is 11.5. The van der Waals surface area contributed by atoms with Crippen LogP contribution >= 0.6 is 22.7 Å². The van der Waals surface area contributed by atoms with Gasteiger partial charge in [0.25, 0.3) is 0 Å². The fourth-order valence-electron chi connectivity index (χ4n) is 9.11. The predicted octanol–water partition coefficient (Wildman–Crippen LogP) is 16.0. The van der Waals surface area contributed by atoms with Crippen LogP contribution in [0.1, 0.15) is 0 Å². The van der Waals surface area contributed by atoms with Gasteiger partial charge in [-0.2, -0.15) is 0 Å². The minimum Gasteiger partial charge on any atom is -0.134 e. The molecule has 0 saturated heterocycles. The number of hydrogen-bond donors (Lipinski definition) is 0. The zero-order valence-electron chi connectivity index (χ0n) is 29.1. The molecule has 250 valence electrons. The van der Waals surface area contributed by atoms with E-state index in [1.165, 1.54) is 117 Å². The van der Waals surface area contributed by atoms with Crippen molar-refractivity contribution in [2.24, 2.45) is 0 Å². The monoisotopic (exact) mass is 718 g/mol. The molecule has 0 aliphatic rings. The summed E-state index contributed by atoms with van der Waals surface area (Å²) in [4.78, 5) is 0. The Morgan fingerprint density at radius 1 is 0.278 bits per heavy atom. The third-order valence-corrected chi connectivity index (χ3v) is 14.0. The molecule has 0 fully saturated rings. The molecule has 0 amide bonds. The highest BCUT2D eigenvalue weighted by molar-refractivity contribution is 7.33. The first-order chi connectivity index (χ1) is 26.8. The highest BCUT2D eigenvalue weighted by Gasteiger charge is 2.20. The molecule has 2 heterocycles. The third kappa shape index (κ3) is 4.30. The molecular weight excluding hydrogens is 689 g/mol. The molecule has 2 heteroatoms. The second kappa shape index (κ2) is 11.6. The van der Waals surface area contributed by atoms with Crippen molar-refractivity contribution >= 4 is 106 Å². The average molecular weight is 719 g/mol. The van der Waals surface area contributed by atoms with Gasteiger partial charge in [0.2, 0.25) is 0 Å². The summed E-state index contributed by atoms with van der Waals surface area (Å²) in [6.45, 7) is 0. The predicted molar refractivity (Wildman–Crippen MR) is 239 cm³/mol. The van der Waals surface area contributed by atoms with Gasteiger partial charge in [0, 0.05) is 30.9 Å². The fourth-order valence-corrected chi connectivity index (χ4v) is 11.7. The molecule has 0 radical (unpaired) electrons. The first kappa shape index (κ1) is 30.2. The number of hydrogen-bond acceptors (Lipinski definition) is 2. The highest BCUT2D eigenvalue weighted by Crippen LogP contribution is 2.49. The Balaban J connectivity index is 1.10. The van der Waals surface area contributed by atoms with E-state index in [1.807, 2.05) is 22.7 Å². The minimum absolute atomic E-state index is 1.24. The lowest BCUT2D eigenvalue weighted by Crippen LogP contribution is -1.92. The summed E-state index contributed by atoms with van der Waals surface area (Å²) in [6, 6.07) is 67.6. The maximum Gasteiger partial charge on any atom is 0.0534 e. The maximum absolute atomic E-state index is 2.45. The van der Waals surface area contributed by atoms with E-state index in [9.17, 15) is 0 Å². The van der Waals surface area contributed by atoms with Crippen molar-refractivity contribution in [3.8, 4) is 33.4 Å². The lowest BCUT2D eigenvalue weighted by molar-refractivity contribution is 1.64. The largest absolute Gasteiger partial charge is 0.134 e. The molecule has 12 aromatic rings. The van der Waals surface area contributed by atoms with Gasteiger partial charge < -0.3 is 0 Å². The Hall–Kier alpha value is -6.32. The van der Waals surface area contributed by atoms with Crippen molar-refractivity contribution in [1.29, 1.82) is 0 Å². The van der Waals surface area contributed by atoms with E-state index in [0.29, 0.717) is 0 Å². The van der Waals surface area contributed by atoms with Crippen LogP contribution in [0.2, 0.25) is 0 Å². The molecule has 0 bridgehead atoms. The van der Waals surface area contributed by atoms with Crippen LogP contribution in [0.15, 0.2) is 182 Å². The molecule has 0 unspecified atom stereocenters. The lowest BCUT2D eigenvalue weighted by atomic mass is 9.84. The second-order valence-electron chi connectivity index (χ2n) is 14.3. The van der Waals surface area contributed by atoms with E-state index in [2.05, 4.69) is 182 Å². The Kier molecular flexibility index (Phi) is 6.48. The van der Waals surface area contributed by atoms with Crippen LogP contribution in [0.25, 0.3) is 117 Å². The average Bonchev–Trinajstić information content (AvgIpc) is 3.81. The molecule has 0 aliphatic carbocycles. The van der Waals surface area contributed by atoms with Crippen LogP contribution in [-0.4, -0.2) is 0 Å². The zero-order chi connectivity index (χ0) is 35.3. The highest BCUT2D eigenvalue weighted by atomic mass is 32.1. The molecule has 0 nitrogen and oxygen atoms in total. The molecule has 0 aliphatic heterocycles. The Morgan fingerprint density at radius 3 is 1.56 bits per heavy atom. The SMILES string of the molecule is c1ccc(-c2ccc(-c3c4ccccc4c(-c4ccc5c(c4)sc4c5ccc5c4sc4ccc6ccccc6c45)c4ccccc34)c3ccccc23)cc1. The van der Waals surface area contributed by atoms with Crippen LogP contribution in [0.5, 0.6) is 0 Å². The van der Waals surface area contributed by atoms with E-state index in [1.54, 1.807) is 0 Å². The van der Waals surface area contributed by atoms with E-state index in [4.69, 9.17) is 0 Å². The van der Waals surface area contributed by atoms with Crippen LogP contribution in [-0.2, 0) is 0 Å². The van der Waals surface area contributed by atoms with Crippen LogP contribution < -0.4 is 0 Å². The number of benzene rings is 10. The summed E-state index contributed by atoms with van der Waals surface area (Å²) in [6.07, 6.45) is 0. The van der Waals surface area contributed by atoms with E-state index < -0.39 is 0 Å². The molecule has 0 N–H and O–H groups in total. The first-order valence-electron chi connectivity index (χ1n) is 18.5. The maximum atomic E-state index is 2.45. The second-order valence-corrected chi connectivity index (χ2v) is 16.4. The molecule has 0 saturated carbocycles. The van der Waals surface area contributed by atoms with Gasteiger partial charge in [-0.3, -0.25) is 0 Å². The van der Waals surface area contributed by atoms with Crippen molar-refractivity contribution in [3.05, 3.63) is 182 Å². The van der Waals surface area contributed by atoms with E-state index >= 15 is 0 Å². The van der Waals surface area contributed by atoms with Gasteiger partial charge in [-0.25, -0.2) is 0 Å². The zero-order valence-corrected chi connectivity index (χ0v) is 30.8. The molecule has 54 heavy (non-hydrogen) atoms. The summed E-state index contributed by atoms with van der Waals surface area (Å²) in [5.74, 6) is 0. The van der Waals surface area contributed by atoms with Crippen molar-refractivity contribution in [2.75, 3.05) is 0 Å². The normalized spacial score (nSPS) is 12.1. The molecule has 2 aromatic heterocycles. The quantitative estimate of drug-likeness (QED) is 0.160.